The van der Waals surface area contributed by atoms with Crippen molar-refractivity contribution in [2.45, 2.75) is 38.3 Å². The Balaban J connectivity index is 2.46. The Labute approximate surface area is 80.0 Å². The van der Waals surface area contributed by atoms with Crippen molar-refractivity contribution in [1.82, 2.24) is 4.90 Å². The second kappa shape index (κ2) is 4.59. The third-order valence-electron chi connectivity index (χ3n) is 2.76. The molecule has 3 atom stereocenters. The zero-order valence-electron chi connectivity index (χ0n) is 8.40. The molecule has 0 radical (unpaired) electrons. The van der Waals surface area contributed by atoms with E-state index in [1.165, 1.54) is 0 Å². The number of hydrogen-bond donors (Lipinski definition) is 1. The first-order chi connectivity index (χ1) is 6.15. The Hall–Kier alpha value is -0.590. The quantitative estimate of drug-likeness (QED) is 0.708. The minimum Gasteiger partial charge on any atom is -0.392 e. The molecule has 3 heteroatoms. The fraction of sp³-hybridized carbons (Fsp3) is 0.900. The summed E-state index contributed by atoms with van der Waals surface area (Å²) in [4.78, 5) is 2.12. The van der Waals surface area contributed by atoms with E-state index in [1.807, 2.05) is 7.05 Å². The van der Waals surface area contributed by atoms with Crippen molar-refractivity contribution in [1.29, 1.82) is 5.26 Å². The molecule has 0 bridgehead atoms. The second-order valence-corrected chi connectivity index (χ2v) is 4.02. The molecule has 0 spiro atoms. The molecule has 74 valence electrons. The first kappa shape index (κ1) is 10.5. The maximum Gasteiger partial charge on any atom is 0.0672 e. The van der Waals surface area contributed by atoms with Crippen LogP contribution in [0.25, 0.3) is 0 Å². The number of nitriles is 1. The van der Waals surface area contributed by atoms with E-state index in [4.69, 9.17) is 5.26 Å². The lowest BCUT2D eigenvalue weighted by molar-refractivity contribution is 0.111. The minimum atomic E-state index is -0.301. The third kappa shape index (κ3) is 2.68. The molecule has 3 unspecified atom stereocenters. The average Bonchev–Trinajstić information content (AvgIpc) is 2.49. The summed E-state index contributed by atoms with van der Waals surface area (Å²) in [6.07, 6.45) is 2.96. The Kier molecular flexibility index (Phi) is 3.71. The standard InChI is InChI=1S/C10H18N2O/c1-8(13)7-12(2)10-5-3-4-9(10)6-11/h8-10,13H,3-5,7H2,1-2H3. The molecule has 1 N–H and O–H groups in total. The lowest BCUT2D eigenvalue weighted by Gasteiger charge is -2.27. The van der Waals surface area contributed by atoms with Crippen molar-refractivity contribution < 1.29 is 5.11 Å². The Morgan fingerprint density at radius 1 is 1.62 bits per heavy atom. The van der Waals surface area contributed by atoms with Crippen molar-refractivity contribution in [3.63, 3.8) is 0 Å². The molecule has 13 heavy (non-hydrogen) atoms. The number of aliphatic hydroxyl groups excluding tert-OH is 1. The molecule has 0 aromatic heterocycles. The molecule has 1 aliphatic carbocycles. The topological polar surface area (TPSA) is 47.3 Å². The summed E-state index contributed by atoms with van der Waals surface area (Å²) in [5.41, 5.74) is 0. The van der Waals surface area contributed by atoms with Gasteiger partial charge in [-0.05, 0) is 26.8 Å². The molecule has 1 fully saturated rings. The zero-order chi connectivity index (χ0) is 9.84. The highest BCUT2D eigenvalue weighted by atomic mass is 16.3. The van der Waals surface area contributed by atoms with Gasteiger partial charge in [0.15, 0.2) is 0 Å². The first-order valence-corrected chi connectivity index (χ1v) is 4.93. The van der Waals surface area contributed by atoms with Crippen LogP contribution in [0.1, 0.15) is 26.2 Å². The van der Waals surface area contributed by atoms with Crippen LogP contribution in [0, 0.1) is 17.2 Å². The van der Waals surface area contributed by atoms with Crippen molar-refractivity contribution >= 4 is 0 Å². The van der Waals surface area contributed by atoms with Crippen molar-refractivity contribution in [2.75, 3.05) is 13.6 Å². The lowest BCUT2D eigenvalue weighted by Crippen LogP contribution is -2.38. The van der Waals surface area contributed by atoms with Gasteiger partial charge in [0.2, 0.25) is 0 Å². The minimum absolute atomic E-state index is 0.170. The van der Waals surface area contributed by atoms with Crippen molar-refractivity contribution in [3.8, 4) is 6.07 Å². The van der Waals surface area contributed by atoms with E-state index >= 15 is 0 Å². The summed E-state index contributed by atoms with van der Waals surface area (Å²) in [6.45, 7) is 2.45. The second-order valence-electron chi connectivity index (χ2n) is 4.02. The van der Waals surface area contributed by atoms with Crippen LogP contribution >= 0.6 is 0 Å². The van der Waals surface area contributed by atoms with E-state index in [1.54, 1.807) is 6.92 Å². The molecule has 1 rings (SSSR count). The van der Waals surface area contributed by atoms with Crippen LogP contribution in [0.3, 0.4) is 0 Å². The molecule has 0 amide bonds. The summed E-state index contributed by atoms with van der Waals surface area (Å²) in [7, 11) is 1.99. The maximum absolute atomic E-state index is 9.22. The highest BCUT2D eigenvalue weighted by molar-refractivity contribution is 4.97. The van der Waals surface area contributed by atoms with Gasteiger partial charge in [-0.3, -0.25) is 4.90 Å². The fourth-order valence-corrected chi connectivity index (χ4v) is 2.17. The summed E-state index contributed by atoms with van der Waals surface area (Å²) < 4.78 is 0. The van der Waals surface area contributed by atoms with Gasteiger partial charge in [-0.15, -0.1) is 0 Å². The van der Waals surface area contributed by atoms with Gasteiger partial charge < -0.3 is 5.11 Å². The Morgan fingerprint density at radius 3 is 2.85 bits per heavy atom. The van der Waals surface area contributed by atoms with Gasteiger partial charge in [-0.25, -0.2) is 0 Å². The number of nitrogens with zero attached hydrogens (tertiary/aromatic N) is 2. The number of likely N-dealkylation sites (N-methyl/N-ethyl adjacent to an activating group) is 1. The monoisotopic (exact) mass is 182 g/mol. The largest absolute Gasteiger partial charge is 0.392 e. The van der Waals surface area contributed by atoms with Gasteiger partial charge in [-0.1, -0.05) is 6.42 Å². The normalized spacial score (nSPS) is 30.4. The maximum atomic E-state index is 9.22. The van der Waals surface area contributed by atoms with Crippen LogP contribution in [-0.2, 0) is 0 Å². The first-order valence-electron chi connectivity index (χ1n) is 4.93. The molecule has 0 heterocycles. The number of hydrogen-bond acceptors (Lipinski definition) is 3. The lowest BCUT2D eigenvalue weighted by atomic mass is 10.0. The smallest absolute Gasteiger partial charge is 0.0672 e. The van der Waals surface area contributed by atoms with Gasteiger partial charge in [0.1, 0.15) is 0 Å². The highest BCUT2D eigenvalue weighted by Gasteiger charge is 2.30. The van der Waals surface area contributed by atoms with Crippen LogP contribution in [0.2, 0.25) is 0 Å². The summed E-state index contributed by atoms with van der Waals surface area (Å²) >= 11 is 0. The predicted octanol–water partition coefficient (Wildman–Crippen LogP) is 0.991. The Bertz CT molecular complexity index is 198. The third-order valence-corrected chi connectivity index (χ3v) is 2.76. The summed E-state index contributed by atoms with van der Waals surface area (Å²) in [5, 5.41) is 18.1. The van der Waals surface area contributed by atoms with Gasteiger partial charge in [-0.2, -0.15) is 5.26 Å². The number of aliphatic hydroxyl groups is 1. The Morgan fingerprint density at radius 2 is 2.31 bits per heavy atom. The van der Waals surface area contributed by atoms with E-state index in [0.29, 0.717) is 12.6 Å². The van der Waals surface area contributed by atoms with E-state index in [9.17, 15) is 5.11 Å². The van der Waals surface area contributed by atoms with Crippen molar-refractivity contribution in [2.24, 2.45) is 5.92 Å². The van der Waals surface area contributed by atoms with Crippen LogP contribution in [0.15, 0.2) is 0 Å². The molecule has 0 saturated heterocycles. The molecular weight excluding hydrogens is 164 g/mol. The molecule has 0 aromatic carbocycles. The van der Waals surface area contributed by atoms with Crippen molar-refractivity contribution in [3.05, 3.63) is 0 Å². The molecule has 0 aliphatic heterocycles. The molecule has 0 aromatic rings. The zero-order valence-corrected chi connectivity index (χ0v) is 8.40. The SMILES string of the molecule is CC(O)CN(C)C1CCCC1C#N. The van der Waals surface area contributed by atoms with E-state index in [0.717, 1.165) is 19.3 Å². The molecule has 3 nitrogen and oxygen atoms in total. The fourth-order valence-electron chi connectivity index (χ4n) is 2.17. The van der Waals surface area contributed by atoms with Crippen LogP contribution in [-0.4, -0.2) is 35.7 Å². The van der Waals surface area contributed by atoms with Gasteiger partial charge in [0.05, 0.1) is 18.1 Å². The van der Waals surface area contributed by atoms with E-state index in [2.05, 4.69) is 11.0 Å². The van der Waals surface area contributed by atoms with Gasteiger partial charge in [0.25, 0.3) is 0 Å². The van der Waals surface area contributed by atoms with Gasteiger partial charge in [0, 0.05) is 12.6 Å². The van der Waals surface area contributed by atoms with Crippen LogP contribution in [0.5, 0.6) is 0 Å². The average molecular weight is 182 g/mol. The van der Waals surface area contributed by atoms with E-state index < -0.39 is 0 Å². The molecule has 1 aliphatic rings. The van der Waals surface area contributed by atoms with Gasteiger partial charge >= 0.3 is 0 Å². The molecular formula is C10H18N2O. The predicted molar refractivity (Wildman–Crippen MR) is 51.1 cm³/mol. The van der Waals surface area contributed by atoms with Crippen LogP contribution in [0.4, 0.5) is 0 Å². The van der Waals surface area contributed by atoms with Crippen LogP contribution < -0.4 is 0 Å². The summed E-state index contributed by atoms with van der Waals surface area (Å²) in [6, 6.07) is 2.71. The van der Waals surface area contributed by atoms with E-state index in [-0.39, 0.29) is 12.0 Å². The number of rotatable bonds is 3. The molecule has 1 saturated carbocycles. The summed E-state index contributed by atoms with van der Waals surface area (Å²) in [5.74, 6) is 0.170. The highest BCUT2D eigenvalue weighted by Crippen LogP contribution is 2.28.